The Morgan fingerprint density at radius 1 is 0.860 bits per heavy atom. The van der Waals surface area contributed by atoms with Gasteiger partial charge < -0.3 is 9.15 Å². The van der Waals surface area contributed by atoms with Gasteiger partial charge in [0.2, 0.25) is 5.82 Å². The Morgan fingerprint density at radius 3 is 2.44 bits per heavy atom. The van der Waals surface area contributed by atoms with Crippen LogP contribution in [0.5, 0.6) is 5.75 Å². The topological polar surface area (TPSA) is 69.6 Å². The fourth-order valence-corrected chi connectivity index (χ4v) is 6.63. The molecule has 0 amide bonds. The average molecular weight is 714 g/mol. The summed E-state index contributed by atoms with van der Waals surface area (Å²) in [5.41, 5.74) is 2.68. The molecule has 0 aliphatic carbocycles. The summed E-state index contributed by atoms with van der Waals surface area (Å²) < 4.78 is 15.0. The van der Waals surface area contributed by atoms with Crippen LogP contribution < -0.4 is 10.3 Å². The minimum atomic E-state index is -0.316. The van der Waals surface area contributed by atoms with Crippen molar-refractivity contribution >= 4 is 82.3 Å². The number of aromatic nitrogens is 2. The Balaban J connectivity index is 1.24. The van der Waals surface area contributed by atoms with Crippen LogP contribution in [0.25, 0.3) is 44.2 Å². The normalized spacial score (nSPS) is 11.7. The second-order valence-electron chi connectivity index (χ2n) is 9.85. The monoisotopic (exact) mass is 711 g/mol. The van der Waals surface area contributed by atoms with Crippen molar-refractivity contribution in [1.29, 1.82) is 0 Å². The number of furan rings is 1. The summed E-state index contributed by atoms with van der Waals surface area (Å²) in [5, 5.41) is 8.72. The van der Waals surface area contributed by atoms with E-state index in [1.54, 1.807) is 48.7 Å². The molecule has 9 heteroatoms. The molecule has 0 N–H and O–H groups in total. The molecule has 43 heavy (non-hydrogen) atoms. The zero-order chi connectivity index (χ0) is 29.5. The van der Waals surface area contributed by atoms with Crippen LogP contribution in [0, 0.1) is 0 Å². The maximum absolute atomic E-state index is 13.6. The van der Waals surface area contributed by atoms with Crippen LogP contribution in [0.3, 0.4) is 0 Å². The highest BCUT2D eigenvalue weighted by molar-refractivity contribution is 9.11. The van der Waals surface area contributed by atoms with E-state index in [1.165, 1.54) is 4.68 Å². The third kappa shape index (κ3) is 5.38. The summed E-state index contributed by atoms with van der Waals surface area (Å²) in [4.78, 5) is 18.4. The third-order valence-corrected chi connectivity index (χ3v) is 8.46. The van der Waals surface area contributed by atoms with Crippen molar-refractivity contribution in [2.24, 2.45) is 5.10 Å². The van der Waals surface area contributed by atoms with Crippen molar-refractivity contribution in [3.8, 4) is 17.3 Å². The van der Waals surface area contributed by atoms with Crippen LogP contribution in [0.2, 0.25) is 5.02 Å². The Hall–Kier alpha value is -4.24. The number of nitrogens with zero attached hydrogens (tertiary/aromatic N) is 3. The molecule has 0 atom stereocenters. The van der Waals surface area contributed by atoms with Crippen LogP contribution in [0.15, 0.2) is 126 Å². The molecule has 7 aromatic rings. The van der Waals surface area contributed by atoms with E-state index in [0.29, 0.717) is 39.6 Å². The first-order chi connectivity index (χ1) is 20.9. The summed E-state index contributed by atoms with van der Waals surface area (Å²) in [6.07, 6.45) is 1.60. The first kappa shape index (κ1) is 27.6. The molecule has 0 radical (unpaired) electrons. The first-order valence-corrected chi connectivity index (χ1v) is 15.2. The third-order valence-electron chi connectivity index (χ3n) is 7.05. The molecule has 5 aromatic carbocycles. The second kappa shape index (κ2) is 11.4. The molecular weight excluding hydrogens is 694 g/mol. The molecule has 0 unspecified atom stereocenters. The maximum atomic E-state index is 13.6. The first-order valence-electron chi connectivity index (χ1n) is 13.3. The van der Waals surface area contributed by atoms with Crippen LogP contribution in [-0.2, 0) is 6.61 Å². The van der Waals surface area contributed by atoms with E-state index in [4.69, 9.17) is 25.7 Å². The summed E-state index contributed by atoms with van der Waals surface area (Å²) in [6.45, 7) is 0.399. The summed E-state index contributed by atoms with van der Waals surface area (Å²) in [5.74, 6) is 1.34. The molecular formula is C34H20Br2ClN3O3. The standard InChI is InChI=1S/C34H20Br2ClN3O3/c35-27-14-20(15-28(36)32(27)42-19-22-8-5-7-21-6-1-2-9-25(21)22)18-38-40-33(39-29-11-4-3-10-26(29)34(40)41)31-17-23-16-24(37)12-13-30(23)43-31/h1-18H,19H2. The van der Waals surface area contributed by atoms with Gasteiger partial charge in [0.25, 0.3) is 5.56 Å². The Bertz CT molecular complexity index is 2250. The van der Waals surface area contributed by atoms with E-state index >= 15 is 0 Å². The molecule has 0 spiro atoms. The number of para-hydroxylation sites is 1. The Kier molecular flexibility index (Phi) is 7.34. The molecule has 6 nitrogen and oxygen atoms in total. The van der Waals surface area contributed by atoms with Gasteiger partial charge >= 0.3 is 0 Å². The minimum Gasteiger partial charge on any atom is -0.487 e. The number of benzene rings is 5. The van der Waals surface area contributed by atoms with Gasteiger partial charge in [-0.3, -0.25) is 4.79 Å². The lowest BCUT2D eigenvalue weighted by Crippen LogP contribution is -2.20. The van der Waals surface area contributed by atoms with Gasteiger partial charge in [-0.05, 0) is 102 Å². The minimum absolute atomic E-state index is 0.278. The van der Waals surface area contributed by atoms with Crippen LogP contribution in [-0.4, -0.2) is 15.9 Å². The summed E-state index contributed by atoms with van der Waals surface area (Å²) in [6, 6.07) is 32.5. The molecule has 210 valence electrons. The number of ether oxygens (including phenoxy) is 1. The van der Waals surface area contributed by atoms with Gasteiger partial charge in [0.15, 0.2) is 5.76 Å². The van der Waals surface area contributed by atoms with Gasteiger partial charge in [0.1, 0.15) is 17.9 Å². The van der Waals surface area contributed by atoms with E-state index in [1.807, 2.05) is 36.4 Å². The zero-order valence-corrected chi connectivity index (χ0v) is 26.2. The van der Waals surface area contributed by atoms with Gasteiger partial charge in [-0.25, -0.2) is 4.98 Å². The fraction of sp³-hybridized carbons (Fsp3) is 0.0294. The second-order valence-corrected chi connectivity index (χ2v) is 12.0. The lowest BCUT2D eigenvalue weighted by Gasteiger charge is -2.13. The van der Waals surface area contributed by atoms with Crippen molar-refractivity contribution in [1.82, 2.24) is 9.66 Å². The Morgan fingerprint density at radius 2 is 1.60 bits per heavy atom. The number of hydrogen-bond donors (Lipinski definition) is 0. The highest BCUT2D eigenvalue weighted by Gasteiger charge is 2.17. The molecule has 2 heterocycles. The number of hydrogen-bond acceptors (Lipinski definition) is 5. The molecule has 0 aliphatic rings. The predicted molar refractivity (Wildman–Crippen MR) is 179 cm³/mol. The van der Waals surface area contributed by atoms with E-state index in [-0.39, 0.29) is 11.4 Å². The largest absolute Gasteiger partial charge is 0.487 e. The maximum Gasteiger partial charge on any atom is 0.282 e. The number of fused-ring (bicyclic) bond motifs is 3. The molecule has 7 rings (SSSR count). The summed E-state index contributed by atoms with van der Waals surface area (Å²) >= 11 is 13.5. The molecule has 0 bridgehead atoms. The number of rotatable bonds is 6. The number of halogens is 3. The fourth-order valence-electron chi connectivity index (χ4n) is 5.00. The quantitative estimate of drug-likeness (QED) is 0.161. The predicted octanol–water partition coefficient (Wildman–Crippen LogP) is 9.60. The molecule has 0 saturated heterocycles. The van der Waals surface area contributed by atoms with E-state index in [2.05, 4.69) is 61.2 Å². The zero-order valence-electron chi connectivity index (χ0n) is 22.3. The summed E-state index contributed by atoms with van der Waals surface area (Å²) in [7, 11) is 0. The van der Waals surface area contributed by atoms with Crippen molar-refractivity contribution in [3.63, 3.8) is 0 Å². The molecule has 0 aliphatic heterocycles. The highest BCUT2D eigenvalue weighted by Crippen LogP contribution is 2.36. The van der Waals surface area contributed by atoms with Crippen molar-refractivity contribution in [2.75, 3.05) is 0 Å². The SMILES string of the molecule is O=c1c2ccccc2nc(-c2cc3cc(Cl)ccc3o2)n1N=Cc1cc(Br)c(OCc2cccc3ccccc23)c(Br)c1. The Labute approximate surface area is 267 Å². The van der Waals surface area contributed by atoms with Crippen LogP contribution in [0.4, 0.5) is 0 Å². The van der Waals surface area contributed by atoms with E-state index in [0.717, 1.165) is 36.2 Å². The van der Waals surface area contributed by atoms with Crippen molar-refractivity contribution in [2.45, 2.75) is 6.61 Å². The lowest BCUT2D eigenvalue weighted by molar-refractivity contribution is 0.303. The molecule has 2 aromatic heterocycles. The van der Waals surface area contributed by atoms with Crippen LogP contribution >= 0.6 is 43.5 Å². The van der Waals surface area contributed by atoms with Gasteiger partial charge in [-0.15, -0.1) is 0 Å². The van der Waals surface area contributed by atoms with E-state index < -0.39 is 0 Å². The smallest absolute Gasteiger partial charge is 0.282 e. The highest BCUT2D eigenvalue weighted by atomic mass is 79.9. The van der Waals surface area contributed by atoms with Gasteiger partial charge in [-0.1, -0.05) is 66.2 Å². The van der Waals surface area contributed by atoms with Gasteiger partial charge in [0.05, 0.1) is 26.1 Å². The van der Waals surface area contributed by atoms with Gasteiger partial charge in [0, 0.05) is 10.4 Å². The average Bonchev–Trinajstić information content (AvgIpc) is 3.43. The van der Waals surface area contributed by atoms with Crippen molar-refractivity contribution in [3.05, 3.63) is 139 Å². The van der Waals surface area contributed by atoms with Crippen LogP contribution in [0.1, 0.15) is 11.1 Å². The van der Waals surface area contributed by atoms with Crippen molar-refractivity contribution < 1.29 is 9.15 Å². The van der Waals surface area contributed by atoms with Gasteiger partial charge in [-0.2, -0.15) is 9.78 Å². The van der Waals surface area contributed by atoms with E-state index in [9.17, 15) is 4.79 Å². The lowest BCUT2D eigenvalue weighted by atomic mass is 10.1. The molecule has 0 fully saturated rings. The molecule has 0 saturated carbocycles.